The number of non-ortho nitro benzene ring substituents is 1. The van der Waals surface area contributed by atoms with Crippen LogP contribution >= 0.6 is 11.8 Å². The molecule has 3 aromatic rings. The Labute approximate surface area is 140 Å². The summed E-state index contributed by atoms with van der Waals surface area (Å²) in [6, 6.07) is 11.9. The van der Waals surface area contributed by atoms with E-state index in [4.69, 9.17) is 0 Å². The molecule has 0 aliphatic heterocycles. The third-order valence-corrected chi connectivity index (χ3v) is 4.10. The van der Waals surface area contributed by atoms with Gasteiger partial charge in [0.05, 0.1) is 23.1 Å². The number of nitrogens with zero attached hydrogens (tertiary/aromatic N) is 2. The number of carbonyl (C=O) groups excluding carboxylic acids is 1. The van der Waals surface area contributed by atoms with Gasteiger partial charge in [0.1, 0.15) is 0 Å². The SMILES string of the molecule is COC(=O)Nc1nc2cc(Sc3cccc([N+](=O)[O-])c3)ccc2[nH]1. The van der Waals surface area contributed by atoms with Crippen molar-refractivity contribution < 1.29 is 14.5 Å². The van der Waals surface area contributed by atoms with Gasteiger partial charge < -0.3 is 9.72 Å². The highest BCUT2D eigenvalue weighted by Crippen LogP contribution is 2.31. The van der Waals surface area contributed by atoms with Crippen LogP contribution in [-0.2, 0) is 4.74 Å². The van der Waals surface area contributed by atoms with E-state index in [0.717, 1.165) is 15.3 Å². The van der Waals surface area contributed by atoms with Crippen LogP contribution in [0.3, 0.4) is 0 Å². The number of H-pyrrole nitrogens is 1. The quantitative estimate of drug-likeness (QED) is 0.550. The van der Waals surface area contributed by atoms with Crippen molar-refractivity contribution in [2.75, 3.05) is 12.4 Å². The van der Waals surface area contributed by atoms with E-state index in [2.05, 4.69) is 20.0 Å². The first-order valence-corrected chi connectivity index (χ1v) is 7.64. The van der Waals surface area contributed by atoms with Gasteiger partial charge in [-0.15, -0.1) is 0 Å². The molecule has 1 aromatic heterocycles. The molecule has 0 radical (unpaired) electrons. The maximum atomic E-state index is 11.2. The number of rotatable bonds is 4. The molecule has 24 heavy (non-hydrogen) atoms. The van der Waals surface area contributed by atoms with Crippen molar-refractivity contribution in [2.45, 2.75) is 9.79 Å². The number of aromatic amines is 1. The predicted molar refractivity (Wildman–Crippen MR) is 89.3 cm³/mol. The van der Waals surface area contributed by atoms with Crippen LogP contribution in [0.4, 0.5) is 16.4 Å². The van der Waals surface area contributed by atoms with Gasteiger partial charge >= 0.3 is 6.09 Å². The third-order valence-electron chi connectivity index (χ3n) is 3.12. The molecular formula is C15H12N4O4S. The first kappa shape index (κ1) is 15.8. The largest absolute Gasteiger partial charge is 0.453 e. The van der Waals surface area contributed by atoms with Crippen LogP contribution in [0.5, 0.6) is 0 Å². The highest BCUT2D eigenvalue weighted by atomic mass is 32.2. The van der Waals surface area contributed by atoms with Crippen LogP contribution in [-0.4, -0.2) is 28.1 Å². The van der Waals surface area contributed by atoms with E-state index in [9.17, 15) is 14.9 Å². The van der Waals surface area contributed by atoms with E-state index in [0.29, 0.717) is 5.52 Å². The lowest BCUT2D eigenvalue weighted by atomic mass is 10.3. The molecule has 0 saturated carbocycles. The van der Waals surface area contributed by atoms with Crippen molar-refractivity contribution in [1.29, 1.82) is 0 Å². The molecule has 1 heterocycles. The standard InChI is InChI=1S/C15H12N4O4S/c1-23-15(20)18-14-16-12-6-5-11(8-13(12)17-14)24-10-4-2-3-9(7-10)19(21)22/h2-8H,1H3,(H2,16,17,18,20). The predicted octanol–water partition coefficient (Wildman–Crippen LogP) is 3.80. The van der Waals surface area contributed by atoms with Gasteiger partial charge in [0.25, 0.3) is 5.69 Å². The number of nitro benzene ring substituents is 1. The average Bonchev–Trinajstić information content (AvgIpc) is 2.96. The van der Waals surface area contributed by atoms with Crippen LogP contribution in [0.25, 0.3) is 11.0 Å². The molecule has 0 unspecified atom stereocenters. The number of anilines is 1. The molecule has 0 fully saturated rings. The number of hydrogen-bond donors (Lipinski definition) is 2. The molecule has 8 nitrogen and oxygen atoms in total. The molecule has 2 aromatic carbocycles. The fourth-order valence-electron chi connectivity index (χ4n) is 2.05. The first-order chi connectivity index (χ1) is 11.5. The maximum absolute atomic E-state index is 11.2. The smallest absolute Gasteiger partial charge is 0.413 e. The van der Waals surface area contributed by atoms with Gasteiger partial charge in [-0.2, -0.15) is 0 Å². The number of nitrogens with one attached hydrogen (secondary N) is 2. The minimum atomic E-state index is -0.611. The number of carbonyl (C=O) groups is 1. The summed E-state index contributed by atoms with van der Waals surface area (Å²) in [7, 11) is 1.27. The van der Waals surface area contributed by atoms with Gasteiger partial charge in [0.2, 0.25) is 5.95 Å². The van der Waals surface area contributed by atoms with Gasteiger partial charge in [-0.1, -0.05) is 17.8 Å². The minimum Gasteiger partial charge on any atom is -0.453 e. The number of fused-ring (bicyclic) bond motifs is 1. The third kappa shape index (κ3) is 3.46. The van der Waals surface area contributed by atoms with Gasteiger partial charge in [0, 0.05) is 21.9 Å². The van der Waals surface area contributed by atoms with Crippen LogP contribution in [0.1, 0.15) is 0 Å². The monoisotopic (exact) mass is 344 g/mol. The fraction of sp³-hybridized carbons (Fsp3) is 0.0667. The fourth-order valence-corrected chi connectivity index (χ4v) is 2.96. The molecule has 1 amide bonds. The Balaban J connectivity index is 1.84. The van der Waals surface area contributed by atoms with Crippen LogP contribution in [0, 0.1) is 10.1 Å². The van der Waals surface area contributed by atoms with E-state index >= 15 is 0 Å². The molecule has 0 aliphatic carbocycles. The summed E-state index contributed by atoms with van der Waals surface area (Å²) in [5, 5.41) is 13.3. The van der Waals surface area contributed by atoms with Crippen LogP contribution in [0.15, 0.2) is 52.3 Å². The van der Waals surface area contributed by atoms with Crippen LogP contribution in [0.2, 0.25) is 0 Å². The maximum Gasteiger partial charge on any atom is 0.413 e. The lowest BCUT2D eigenvalue weighted by Gasteiger charge is -2.01. The minimum absolute atomic E-state index is 0.0467. The molecule has 9 heteroatoms. The Morgan fingerprint density at radius 3 is 2.83 bits per heavy atom. The number of methoxy groups -OCH3 is 1. The topological polar surface area (TPSA) is 110 Å². The number of amides is 1. The summed E-state index contributed by atoms with van der Waals surface area (Å²) >= 11 is 1.39. The number of nitro groups is 1. The summed E-state index contributed by atoms with van der Waals surface area (Å²) in [4.78, 5) is 30.5. The second-order valence-corrected chi connectivity index (χ2v) is 5.88. The lowest BCUT2D eigenvalue weighted by molar-refractivity contribution is -0.385. The second kappa shape index (κ2) is 6.59. The van der Waals surface area contributed by atoms with Crippen molar-refractivity contribution in [3.63, 3.8) is 0 Å². The summed E-state index contributed by atoms with van der Waals surface area (Å²) in [5.41, 5.74) is 1.46. The van der Waals surface area contributed by atoms with E-state index in [1.54, 1.807) is 12.1 Å². The van der Waals surface area contributed by atoms with Gasteiger partial charge in [-0.3, -0.25) is 15.4 Å². The molecule has 0 spiro atoms. The lowest BCUT2D eigenvalue weighted by Crippen LogP contribution is -2.11. The van der Waals surface area contributed by atoms with E-state index < -0.39 is 11.0 Å². The first-order valence-electron chi connectivity index (χ1n) is 6.82. The highest BCUT2D eigenvalue weighted by Gasteiger charge is 2.09. The normalized spacial score (nSPS) is 10.5. The average molecular weight is 344 g/mol. The van der Waals surface area contributed by atoms with Crippen molar-refractivity contribution in [3.05, 3.63) is 52.6 Å². The Morgan fingerprint density at radius 2 is 2.08 bits per heavy atom. The Morgan fingerprint density at radius 1 is 1.29 bits per heavy atom. The van der Waals surface area contributed by atoms with Crippen molar-refractivity contribution in [1.82, 2.24) is 9.97 Å². The zero-order valence-corrected chi connectivity index (χ0v) is 13.3. The Kier molecular flexibility index (Phi) is 4.34. The van der Waals surface area contributed by atoms with Crippen molar-refractivity contribution >= 4 is 40.5 Å². The second-order valence-electron chi connectivity index (χ2n) is 4.74. The zero-order valence-electron chi connectivity index (χ0n) is 12.5. The molecule has 0 aliphatic rings. The van der Waals surface area contributed by atoms with Crippen molar-refractivity contribution in [2.24, 2.45) is 0 Å². The summed E-state index contributed by atoms with van der Waals surface area (Å²) < 4.78 is 4.51. The molecular weight excluding hydrogens is 332 g/mol. The van der Waals surface area contributed by atoms with Crippen LogP contribution < -0.4 is 5.32 Å². The highest BCUT2D eigenvalue weighted by molar-refractivity contribution is 7.99. The molecule has 0 bridgehead atoms. The Hall–Kier alpha value is -3.07. The molecule has 3 rings (SSSR count). The van der Waals surface area contributed by atoms with Gasteiger partial charge in [0.15, 0.2) is 0 Å². The summed E-state index contributed by atoms with van der Waals surface area (Å²) in [6.07, 6.45) is -0.611. The number of imidazole rings is 1. The van der Waals surface area contributed by atoms with E-state index in [-0.39, 0.29) is 11.6 Å². The summed E-state index contributed by atoms with van der Waals surface area (Å²) in [5.74, 6) is 0.286. The number of hydrogen-bond acceptors (Lipinski definition) is 6. The van der Waals surface area contributed by atoms with Gasteiger partial charge in [-0.25, -0.2) is 9.78 Å². The number of ether oxygens (including phenoxy) is 1. The van der Waals surface area contributed by atoms with E-state index in [1.165, 1.54) is 31.0 Å². The zero-order chi connectivity index (χ0) is 17.1. The van der Waals surface area contributed by atoms with Crippen molar-refractivity contribution in [3.8, 4) is 0 Å². The van der Waals surface area contributed by atoms with Gasteiger partial charge in [-0.05, 0) is 24.3 Å². The molecule has 122 valence electrons. The summed E-state index contributed by atoms with van der Waals surface area (Å²) in [6.45, 7) is 0. The molecule has 0 atom stereocenters. The Bertz CT molecular complexity index is 925. The molecule has 2 N–H and O–H groups in total. The number of benzene rings is 2. The van der Waals surface area contributed by atoms with E-state index in [1.807, 2.05) is 18.2 Å². The number of aromatic nitrogens is 2. The molecule has 0 saturated heterocycles.